The second-order valence-electron chi connectivity index (χ2n) is 5.51. The summed E-state index contributed by atoms with van der Waals surface area (Å²) in [5.74, 6) is 0.495. The first-order valence-electron chi connectivity index (χ1n) is 7.43. The molecule has 0 aliphatic rings. The molecule has 0 saturated heterocycles. The van der Waals surface area contributed by atoms with E-state index in [9.17, 15) is 5.11 Å². The fourth-order valence-corrected chi connectivity index (χ4v) is 2.64. The molecule has 2 aromatic carbocycles. The average molecular weight is 340 g/mol. The molecule has 7 nitrogen and oxygen atoms in total. The van der Waals surface area contributed by atoms with Gasteiger partial charge in [-0.25, -0.2) is 0 Å². The van der Waals surface area contributed by atoms with Gasteiger partial charge in [0.1, 0.15) is 0 Å². The number of benzene rings is 2. The van der Waals surface area contributed by atoms with E-state index >= 15 is 0 Å². The number of nitrogens with one attached hydrogen (secondary N) is 1. The number of rotatable bonds is 2. The second kappa shape index (κ2) is 6.87. The van der Waals surface area contributed by atoms with E-state index < -0.39 is 0 Å². The van der Waals surface area contributed by atoms with Gasteiger partial charge in [0.15, 0.2) is 5.82 Å². The van der Waals surface area contributed by atoms with Gasteiger partial charge in [0, 0.05) is 5.39 Å². The van der Waals surface area contributed by atoms with Crippen LogP contribution in [0, 0.1) is 13.8 Å². The van der Waals surface area contributed by atoms with E-state index in [0.29, 0.717) is 22.5 Å². The van der Waals surface area contributed by atoms with Crippen molar-refractivity contribution in [1.29, 1.82) is 0 Å². The van der Waals surface area contributed by atoms with Crippen molar-refractivity contribution in [2.24, 2.45) is 10.2 Å². The van der Waals surface area contributed by atoms with Crippen LogP contribution in [0.4, 0.5) is 11.5 Å². The summed E-state index contributed by atoms with van der Waals surface area (Å²) >= 11 is 0. The molecule has 0 saturated carbocycles. The molecule has 0 aliphatic carbocycles. The van der Waals surface area contributed by atoms with Gasteiger partial charge in [-0.05, 0) is 30.9 Å². The molecule has 0 amide bonds. The van der Waals surface area contributed by atoms with Gasteiger partial charge in [-0.15, -0.1) is 21.1 Å². The summed E-state index contributed by atoms with van der Waals surface area (Å²) in [5.41, 5.74) is 2.92. The Morgan fingerprint density at radius 2 is 1.72 bits per heavy atom. The Morgan fingerprint density at radius 3 is 2.52 bits per heavy atom. The summed E-state index contributed by atoms with van der Waals surface area (Å²) in [6, 6.07) is 10.5. The predicted octanol–water partition coefficient (Wildman–Crippen LogP) is 0.616. The zero-order valence-electron chi connectivity index (χ0n) is 14.1. The van der Waals surface area contributed by atoms with Gasteiger partial charge < -0.3 is 5.11 Å². The zero-order chi connectivity index (χ0) is 16.7. The molecule has 0 bridgehead atoms. The minimum Gasteiger partial charge on any atom is -0.872 e. The van der Waals surface area contributed by atoms with Gasteiger partial charge in [-0.3, -0.25) is 5.10 Å². The summed E-state index contributed by atoms with van der Waals surface area (Å²) in [4.78, 5) is 0. The molecular weight excluding hydrogens is 327 g/mol. The molecule has 25 heavy (non-hydrogen) atoms. The van der Waals surface area contributed by atoms with E-state index in [-0.39, 0.29) is 35.3 Å². The van der Waals surface area contributed by atoms with Crippen LogP contribution in [0.1, 0.15) is 11.3 Å². The monoisotopic (exact) mass is 340 g/mol. The number of hydrogen-bond acceptors (Lipinski definition) is 6. The average Bonchev–Trinajstić information content (AvgIpc) is 3.02. The normalized spacial score (nSPS) is 11.3. The predicted molar refractivity (Wildman–Crippen MR) is 88.7 cm³/mol. The molecule has 0 unspecified atom stereocenters. The van der Waals surface area contributed by atoms with E-state index in [1.165, 1.54) is 6.07 Å². The SMILES string of the molecule is Cc1nnc2n[nH]c(N=Nc3ccc([O-])c4ccccc34)c2c1C.[Na+]. The Bertz CT molecular complexity index is 1110. The van der Waals surface area contributed by atoms with E-state index in [1.807, 2.05) is 32.0 Å². The Labute approximate surface area is 165 Å². The summed E-state index contributed by atoms with van der Waals surface area (Å²) in [5, 5.41) is 37.7. The molecule has 2 aromatic heterocycles. The third-order valence-electron chi connectivity index (χ3n) is 4.06. The fraction of sp³-hybridized carbons (Fsp3) is 0.118. The fourth-order valence-electron chi connectivity index (χ4n) is 2.64. The first kappa shape index (κ1) is 17.5. The van der Waals surface area contributed by atoms with Crippen molar-refractivity contribution < 1.29 is 34.7 Å². The van der Waals surface area contributed by atoms with Crippen molar-refractivity contribution in [2.45, 2.75) is 13.8 Å². The van der Waals surface area contributed by atoms with E-state index in [4.69, 9.17) is 0 Å². The van der Waals surface area contributed by atoms with E-state index in [1.54, 1.807) is 12.1 Å². The Balaban J connectivity index is 0.00000182. The van der Waals surface area contributed by atoms with Crippen LogP contribution in [-0.2, 0) is 0 Å². The second-order valence-corrected chi connectivity index (χ2v) is 5.51. The van der Waals surface area contributed by atoms with Crippen molar-refractivity contribution in [2.75, 3.05) is 0 Å². The van der Waals surface area contributed by atoms with E-state index in [0.717, 1.165) is 22.0 Å². The number of aromatic amines is 1. The van der Waals surface area contributed by atoms with Gasteiger partial charge in [-0.1, -0.05) is 30.3 Å². The van der Waals surface area contributed by atoms with Crippen molar-refractivity contribution in [3.05, 3.63) is 47.7 Å². The van der Waals surface area contributed by atoms with Crippen LogP contribution in [0.5, 0.6) is 5.75 Å². The molecule has 2 heterocycles. The van der Waals surface area contributed by atoms with Gasteiger partial charge in [0.25, 0.3) is 0 Å². The van der Waals surface area contributed by atoms with Gasteiger partial charge in [0.2, 0.25) is 5.65 Å². The number of aromatic nitrogens is 4. The summed E-state index contributed by atoms with van der Waals surface area (Å²) < 4.78 is 0. The first-order chi connectivity index (χ1) is 11.6. The summed E-state index contributed by atoms with van der Waals surface area (Å²) in [7, 11) is 0. The number of fused-ring (bicyclic) bond motifs is 2. The van der Waals surface area contributed by atoms with Gasteiger partial charge in [-0.2, -0.15) is 10.2 Å². The van der Waals surface area contributed by atoms with Crippen LogP contribution >= 0.6 is 0 Å². The number of aryl methyl sites for hydroxylation is 2. The third-order valence-corrected chi connectivity index (χ3v) is 4.06. The van der Waals surface area contributed by atoms with Crippen molar-refractivity contribution >= 4 is 33.3 Å². The first-order valence-corrected chi connectivity index (χ1v) is 7.43. The Morgan fingerprint density at radius 1 is 0.960 bits per heavy atom. The van der Waals surface area contributed by atoms with Crippen LogP contribution in [0.2, 0.25) is 0 Å². The smallest absolute Gasteiger partial charge is 0.872 e. The van der Waals surface area contributed by atoms with Gasteiger partial charge in [0.05, 0.1) is 16.8 Å². The number of nitrogens with zero attached hydrogens (tertiary/aromatic N) is 5. The topological polar surface area (TPSA) is 102 Å². The largest absolute Gasteiger partial charge is 1.00 e. The molecular formula is C17H13N6NaO. The number of hydrogen-bond donors (Lipinski definition) is 1. The Hall–Kier alpha value is -2.35. The summed E-state index contributed by atoms with van der Waals surface area (Å²) in [6.45, 7) is 3.83. The zero-order valence-corrected chi connectivity index (χ0v) is 16.1. The minimum atomic E-state index is -0.0294. The minimum absolute atomic E-state index is 0. The molecule has 8 heteroatoms. The van der Waals surface area contributed by atoms with Crippen LogP contribution in [0.3, 0.4) is 0 Å². The maximum atomic E-state index is 11.9. The molecule has 1 N–H and O–H groups in total. The number of H-pyrrole nitrogens is 1. The molecule has 0 atom stereocenters. The molecule has 4 aromatic rings. The summed E-state index contributed by atoms with van der Waals surface area (Å²) in [6.07, 6.45) is 0. The van der Waals surface area contributed by atoms with Crippen molar-refractivity contribution in [3.63, 3.8) is 0 Å². The molecule has 0 spiro atoms. The third kappa shape index (κ3) is 3.02. The molecule has 4 rings (SSSR count). The van der Waals surface area contributed by atoms with Crippen LogP contribution in [-0.4, -0.2) is 20.4 Å². The maximum absolute atomic E-state index is 11.9. The molecule has 0 fully saturated rings. The van der Waals surface area contributed by atoms with Crippen molar-refractivity contribution in [3.8, 4) is 5.75 Å². The standard InChI is InChI=1S/C17H14N6O.Na/c1-9-10(2)18-20-16-15(9)17(23-22-16)21-19-13-7-8-14(24)12-6-4-3-5-11(12)13;/h3-8,24H,1-2H3,(H,20,22,23);/q;+1/p-1. The molecule has 118 valence electrons. The molecule has 0 aliphatic heterocycles. The molecule has 0 radical (unpaired) electrons. The Kier molecular flexibility index (Phi) is 4.80. The number of azo groups is 1. The van der Waals surface area contributed by atoms with Gasteiger partial charge >= 0.3 is 29.6 Å². The maximum Gasteiger partial charge on any atom is 1.00 e. The quantitative estimate of drug-likeness (QED) is 0.427. The van der Waals surface area contributed by atoms with Crippen LogP contribution in [0.25, 0.3) is 21.8 Å². The van der Waals surface area contributed by atoms with Crippen LogP contribution < -0.4 is 34.7 Å². The van der Waals surface area contributed by atoms with Crippen molar-refractivity contribution in [1.82, 2.24) is 20.4 Å². The van der Waals surface area contributed by atoms with Crippen LogP contribution in [0.15, 0.2) is 46.6 Å². The van der Waals surface area contributed by atoms with E-state index in [2.05, 4.69) is 30.6 Å².